The molecule has 0 bridgehead atoms. The zero-order valence-electron chi connectivity index (χ0n) is 11.9. The topological polar surface area (TPSA) is 106 Å². The molecule has 2 rings (SSSR count). The maximum Gasteiger partial charge on any atom is 0.241 e. The monoisotopic (exact) mass is 332 g/mol. The highest BCUT2D eigenvalue weighted by molar-refractivity contribution is 7.89. The summed E-state index contributed by atoms with van der Waals surface area (Å²) >= 11 is 0. The first kappa shape index (κ1) is 16.4. The molecule has 0 spiro atoms. The lowest BCUT2D eigenvalue weighted by Crippen LogP contribution is -2.47. The molecule has 0 aromatic heterocycles. The van der Waals surface area contributed by atoms with Crippen molar-refractivity contribution in [2.45, 2.75) is 54.4 Å². The highest BCUT2D eigenvalue weighted by Crippen LogP contribution is 2.29. The number of sulfonamides is 2. The predicted molar refractivity (Wildman–Crippen MR) is 79.6 cm³/mol. The third kappa shape index (κ3) is 4.03. The van der Waals surface area contributed by atoms with Gasteiger partial charge in [0.15, 0.2) is 0 Å². The van der Waals surface area contributed by atoms with Crippen LogP contribution in [0.3, 0.4) is 0 Å². The van der Waals surface area contributed by atoms with Gasteiger partial charge in [-0.15, -0.1) is 0 Å². The zero-order valence-corrected chi connectivity index (χ0v) is 13.5. The van der Waals surface area contributed by atoms with E-state index in [1.807, 2.05) is 6.92 Å². The van der Waals surface area contributed by atoms with Gasteiger partial charge in [-0.05, 0) is 44.0 Å². The summed E-state index contributed by atoms with van der Waals surface area (Å²) in [5, 5.41) is 4.99. The summed E-state index contributed by atoms with van der Waals surface area (Å²) in [5.41, 5.74) is -0.435. The van der Waals surface area contributed by atoms with Crippen LogP contribution in [0.15, 0.2) is 34.1 Å². The summed E-state index contributed by atoms with van der Waals surface area (Å²) < 4.78 is 49.8. The summed E-state index contributed by atoms with van der Waals surface area (Å²) in [6.07, 6.45) is 4.75. The Bertz CT molecular complexity index is 703. The number of hydrogen-bond donors (Lipinski definition) is 2. The lowest BCUT2D eigenvalue weighted by molar-refractivity contribution is 0.294. The fraction of sp³-hybridized carbons (Fsp3) is 0.538. The van der Waals surface area contributed by atoms with Crippen molar-refractivity contribution >= 4 is 20.0 Å². The van der Waals surface area contributed by atoms with Crippen LogP contribution in [-0.2, 0) is 20.0 Å². The van der Waals surface area contributed by atoms with Gasteiger partial charge in [-0.3, -0.25) is 0 Å². The van der Waals surface area contributed by atoms with Crippen molar-refractivity contribution in [2.24, 2.45) is 5.14 Å². The average molecular weight is 332 g/mol. The standard InChI is InChI=1S/C13H20N2O4S2/c1-13(9-3-2-4-10-13)15-21(18,19)12-7-5-11(6-8-12)20(14,16)17/h5-8,15H,2-4,9-10H2,1H3,(H2,14,16,17). The SMILES string of the molecule is CC1(NS(=O)(=O)c2ccc(S(N)(=O)=O)cc2)CCCCC1. The quantitative estimate of drug-likeness (QED) is 0.867. The molecule has 0 amide bonds. The van der Waals surface area contributed by atoms with Crippen molar-refractivity contribution < 1.29 is 16.8 Å². The van der Waals surface area contributed by atoms with Crippen molar-refractivity contribution in [3.8, 4) is 0 Å². The Morgan fingerprint density at radius 2 is 1.43 bits per heavy atom. The van der Waals surface area contributed by atoms with Gasteiger partial charge in [0.25, 0.3) is 0 Å². The molecule has 0 radical (unpaired) electrons. The predicted octanol–water partition coefficient (Wildman–Crippen LogP) is 1.34. The maximum absolute atomic E-state index is 12.4. The summed E-state index contributed by atoms with van der Waals surface area (Å²) in [7, 11) is -7.49. The minimum absolute atomic E-state index is 0.0432. The third-order valence-corrected chi connectivity index (χ3v) is 6.38. The van der Waals surface area contributed by atoms with Gasteiger partial charge in [-0.25, -0.2) is 26.7 Å². The minimum atomic E-state index is -3.82. The Morgan fingerprint density at radius 1 is 0.952 bits per heavy atom. The van der Waals surface area contributed by atoms with Crippen molar-refractivity contribution in [1.29, 1.82) is 0 Å². The van der Waals surface area contributed by atoms with Crippen molar-refractivity contribution in [3.63, 3.8) is 0 Å². The second-order valence-corrected chi connectivity index (χ2v) is 8.99. The normalized spacial score (nSPS) is 19.3. The van der Waals surface area contributed by atoms with Crippen LogP contribution in [0.4, 0.5) is 0 Å². The molecule has 0 saturated heterocycles. The number of primary sulfonamides is 1. The Kier molecular flexibility index (Phi) is 4.44. The van der Waals surface area contributed by atoms with E-state index in [9.17, 15) is 16.8 Å². The molecule has 1 fully saturated rings. The van der Waals surface area contributed by atoms with Gasteiger partial charge in [0.05, 0.1) is 9.79 Å². The molecule has 0 aliphatic heterocycles. The van der Waals surface area contributed by atoms with Crippen molar-refractivity contribution in [1.82, 2.24) is 4.72 Å². The van der Waals surface area contributed by atoms with E-state index < -0.39 is 25.6 Å². The van der Waals surface area contributed by atoms with Crippen LogP contribution in [0, 0.1) is 0 Å². The fourth-order valence-electron chi connectivity index (χ4n) is 2.63. The smallest absolute Gasteiger partial charge is 0.225 e. The van der Waals surface area contributed by atoms with Crippen LogP contribution in [-0.4, -0.2) is 22.4 Å². The molecule has 1 aliphatic rings. The molecule has 21 heavy (non-hydrogen) atoms. The van der Waals surface area contributed by atoms with Gasteiger partial charge in [-0.2, -0.15) is 0 Å². The molecule has 1 aromatic carbocycles. The molecule has 118 valence electrons. The number of benzene rings is 1. The fourth-order valence-corrected chi connectivity index (χ4v) is 4.61. The van der Waals surface area contributed by atoms with E-state index >= 15 is 0 Å². The van der Waals surface area contributed by atoms with Gasteiger partial charge < -0.3 is 0 Å². The van der Waals surface area contributed by atoms with Gasteiger partial charge in [0.1, 0.15) is 0 Å². The van der Waals surface area contributed by atoms with Crippen LogP contribution in [0.25, 0.3) is 0 Å². The zero-order chi connectivity index (χ0) is 15.7. The first-order chi connectivity index (χ1) is 9.62. The van der Waals surface area contributed by atoms with E-state index in [0.29, 0.717) is 0 Å². The van der Waals surface area contributed by atoms with E-state index in [4.69, 9.17) is 5.14 Å². The Morgan fingerprint density at radius 3 is 1.90 bits per heavy atom. The minimum Gasteiger partial charge on any atom is -0.225 e. The van der Waals surface area contributed by atoms with Gasteiger partial charge in [0.2, 0.25) is 20.0 Å². The van der Waals surface area contributed by atoms with E-state index in [1.54, 1.807) is 0 Å². The average Bonchev–Trinajstić information content (AvgIpc) is 2.37. The van der Waals surface area contributed by atoms with Crippen molar-refractivity contribution in [3.05, 3.63) is 24.3 Å². The molecule has 1 aromatic rings. The number of rotatable bonds is 4. The number of nitrogens with one attached hydrogen (secondary N) is 1. The molecular weight excluding hydrogens is 312 g/mol. The molecule has 6 nitrogen and oxygen atoms in total. The lowest BCUT2D eigenvalue weighted by atomic mass is 9.84. The van der Waals surface area contributed by atoms with Crippen molar-refractivity contribution in [2.75, 3.05) is 0 Å². The first-order valence-corrected chi connectivity index (χ1v) is 9.82. The Balaban J connectivity index is 2.23. The lowest BCUT2D eigenvalue weighted by Gasteiger charge is -2.34. The molecular formula is C13H20N2O4S2. The summed E-state index contributed by atoms with van der Waals surface area (Å²) in [6.45, 7) is 1.91. The van der Waals surface area contributed by atoms with Gasteiger partial charge >= 0.3 is 0 Å². The summed E-state index contributed by atoms with van der Waals surface area (Å²) in [4.78, 5) is -0.0629. The van der Waals surface area contributed by atoms with Crippen LogP contribution in [0.2, 0.25) is 0 Å². The molecule has 1 saturated carbocycles. The van der Waals surface area contributed by atoms with Crippen LogP contribution >= 0.6 is 0 Å². The van der Waals surface area contributed by atoms with E-state index in [0.717, 1.165) is 32.1 Å². The summed E-state index contributed by atoms with van der Waals surface area (Å²) in [6, 6.07) is 4.92. The maximum atomic E-state index is 12.4. The molecule has 0 unspecified atom stereocenters. The second kappa shape index (κ2) is 5.68. The van der Waals surface area contributed by atoms with E-state index in [1.165, 1.54) is 24.3 Å². The second-order valence-electron chi connectivity index (χ2n) is 5.74. The molecule has 0 atom stereocenters. The van der Waals surface area contributed by atoms with Crippen LogP contribution in [0.5, 0.6) is 0 Å². The third-order valence-electron chi connectivity index (χ3n) is 3.80. The first-order valence-electron chi connectivity index (χ1n) is 6.79. The molecule has 3 N–H and O–H groups in total. The molecule has 8 heteroatoms. The Hall–Kier alpha value is -0.960. The number of nitrogens with two attached hydrogens (primary N) is 1. The molecule has 1 aliphatic carbocycles. The highest BCUT2D eigenvalue weighted by Gasteiger charge is 2.32. The Labute approximate surface area is 125 Å². The van der Waals surface area contributed by atoms with Crippen LogP contribution < -0.4 is 9.86 Å². The van der Waals surface area contributed by atoms with Crippen LogP contribution in [0.1, 0.15) is 39.0 Å². The number of hydrogen-bond acceptors (Lipinski definition) is 4. The molecule has 0 heterocycles. The van der Waals surface area contributed by atoms with E-state index in [-0.39, 0.29) is 9.79 Å². The summed E-state index contributed by atoms with van der Waals surface area (Å²) in [5.74, 6) is 0. The van der Waals surface area contributed by atoms with Gasteiger partial charge in [0, 0.05) is 5.54 Å². The highest BCUT2D eigenvalue weighted by atomic mass is 32.2. The van der Waals surface area contributed by atoms with E-state index in [2.05, 4.69) is 4.72 Å². The van der Waals surface area contributed by atoms with Gasteiger partial charge in [-0.1, -0.05) is 19.3 Å². The largest absolute Gasteiger partial charge is 0.241 e.